The van der Waals surface area contributed by atoms with Gasteiger partial charge in [-0.25, -0.2) is 0 Å². The van der Waals surface area contributed by atoms with Crippen LogP contribution in [0.4, 0.5) is 5.69 Å². The summed E-state index contributed by atoms with van der Waals surface area (Å²) in [6.07, 6.45) is 2.13. The summed E-state index contributed by atoms with van der Waals surface area (Å²) in [4.78, 5) is 12.6. The minimum Gasteiger partial charge on any atom is -0.503 e. The number of ketones is 1. The highest BCUT2D eigenvalue weighted by molar-refractivity contribution is 6.14. The number of rotatable bonds is 5. The van der Waals surface area contributed by atoms with Gasteiger partial charge in [-0.2, -0.15) is 0 Å². The number of phenols is 1. The number of methoxy groups -OCH3 is 1. The van der Waals surface area contributed by atoms with E-state index < -0.39 is 0 Å². The van der Waals surface area contributed by atoms with Crippen LogP contribution < -0.4 is 10.5 Å². The van der Waals surface area contributed by atoms with E-state index >= 15 is 0 Å². The van der Waals surface area contributed by atoms with Crippen LogP contribution in [0.5, 0.6) is 11.5 Å². The van der Waals surface area contributed by atoms with Gasteiger partial charge in [-0.05, 0) is 18.1 Å². The fraction of sp³-hybridized carbons (Fsp3) is 0.118. The van der Waals surface area contributed by atoms with E-state index in [1.165, 1.54) is 7.11 Å². The third kappa shape index (κ3) is 2.74. The molecule has 0 radical (unpaired) electrons. The Morgan fingerprint density at radius 2 is 2.05 bits per heavy atom. The summed E-state index contributed by atoms with van der Waals surface area (Å²) in [5, 5.41) is 10.0. The van der Waals surface area contributed by atoms with Gasteiger partial charge >= 0.3 is 0 Å². The van der Waals surface area contributed by atoms with Crippen molar-refractivity contribution >= 4 is 11.5 Å². The van der Waals surface area contributed by atoms with Crippen molar-refractivity contribution in [3.8, 4) is 11.5 Å². The van der Waals surface area contributed by atoms with Crippen LogP contribution in [-0.4, -0.2) is 18.0 Å². The van der Waals surface area contributed by atoms with Gasteiger partial charge in [0.15, 0.2) is 17.3 Å². The molecule has 0 saturated heterocycles. The van der Waals surface area contributed by atoms with Gasteiger partial charge in [0.05, 0.1) is 18.4 Å². The first-order valence-electron chi connectivity index (χ1n) is 6.49. The molecule has 0 unspecified atom stereocenters. The molecule has 0 aliphatic rings. The Labute approximate surface area is 123 Å². The number of hydrogen-bond donors (Lipinski definition) is 2. The van der Waals surface area contributed by atoms with Crippen molar-refractivity contribution in [1.29, 1.82) is 0 Å². The number of benzene rings is 2. The van der Waals surface area contributed by atoms with Crippen molar-refractivity contribution in [2.24, 2.45) is 0 Å². The maximum Gasteiger partial charge on any atom is 0.195 e. The first-order valence-corrected chi connectivity index (χ1v) is 6.49. The topological polar surface area (TPSA) is 72.6 Å². The lowest BCUT2D eigenvalue weighted by Crippen LogP contribution is -2.10. The normalized spacial score (nSPS) is 10.1. The lowest BCUT2D eigenvalue weighted by molar-refractivity contribution is 0.103. The Kier molecular flexibility index (Phi) is 4.28. The predicted molar refractivity (Wildman–Crippen MR) is 82.8 cm³/mol. The molecule has 2 aromatic rings. The maximum absolute atomic E-state index is 12.6. The lowest BCUT2D eigenvalue weighted by atomic mass is 9.94. The summed E-state index contributed by atoms with van der Waals surface area (Å²) in [6.45, 7) is 3.68. The zero-order valence-corrected chi connectivity index (χ0v) is 11.8. The molecule has 0 fully saturated rings. The van der Waals surface area contributed by atoms with Crippen LogP contribution >= 0.6 is 0 Å². The smallest absolute Gasteiger partial charge is 0.195 e. The monoisotopic (exact) mass is 283 g/mol. The third-order valence-corrected chi connectivity index (χ3v) is 3.23. The first kappa shape index (κ1) is 14.7. The number of allylic oxidation sites excluding steroid dienone is 1. The molecule has 0 aliphatic carbocycles. The number of nitrogen functional groups attached to an aromatic ring is 1. The minimum atomic E-state index is -0.233. The number of phenolic OH excluding ortho intramolecular Hbond substituents is 1. The summed E-state index contributed by atoms with van der Waals surface area (Å²) in [7, 11) is 1.44. The summed E-state index contributed by atoms with van der Waals surface area (Å²) in [5.41, 5.74) is 7.45. The number of hydrogen-bond acceptors (Lipinski definition) is 4. The Hall–Kier alpha value is -2.75. The van der Waals surface area contributed by atoms with Gasteiger partial charge in [0, 0.05) is 5.56 Å². The number of anilines is 1. The molecule has 108 valence electrons. The van der Waals surface area contributed by atoms with Crippen molar-refractivity contribution in [2.45, 2.75) is 6.42 Å². The number of carbonyl (C=O) groups excluding carboxylic acids is 1. The van der Waals surface area contributed by atoms with E-state index in [4.69, 9.17) is 10.5 Å². The molecule has 3 N–H and O–H groups in total. The summed E-state index contributed by atoms with van der Waals surface area (Å²) in [6, 6.07) is 10.4. The van der Waals surface area contributed by atoms with Gasteiger partial charge < -0.3 is 15.6 Å². The quantitative estimate of drug-likeness (QED) is 0.383. The Balaban J connectivity index is 2.64. The summed E-state index contributed by atoms with van der Waals surface area (Å²) in [5.74, 6) is -0.207. The zero-order chi connectivity index (χ0) is 15.4. The highest BCUT2D eigenvalue weighted by atomic mass is 16.5. The molecule has 2 rings (SSSR count). The summed E-state index contributed by atoms with van der Waals surface area (Å²) < 4.78 is 5.08. The van der Waals surface area contributed by atoms with E-state index in [0.29, 0.717) is 23.1 Å². The Morgan fingerprint density at radius 1 is 1.38 bits per heavy atom. The number of ether oxygens (including phenoxy) is 1. The number of aromatic hydroxyl groups is 1. The molecule has 0 aromatic heterocycles. The van der Waals surface area contributed by atoms with Crippen LogP contribution in [-0.2, 0) is 6.42 Å². The third-order valence-electron chi connectivity index (χ3n) is 3.23. The highest BCUT2D eigenvalue weighted by Crippen LogP contribution is 2.38. The van der Waals surface area contributed by atoms with Crippen molar-refractivity contribution in [2.75, 3.05) is 12.8 Å². The van der Waals surface area contributed by atoms with Crippen LogP contribution in [0.15, 0.2) is 49.1 Å². The summed E-state index contributed by atoms with van der Waals surface area (Å²) >= 11 is 0. The van der Waals surface area contributed by atoms with E-state index in [-0.39, 0.29) is 23.0 Å². The first-order chi connectivity index (χ1) is 10.1. The van der Waals surface area contributed by atoms with Crippen LogP contribution in [0, 0.1) is 0 Å². The van der Waals surface area contributed by atoms with Gasteiger partial charge in [0.25, 0.3) is 0 Å². The lowest BCUT2D eigenvalue weighted by Gasteiger charge is -2.15. The molecule has 4 nitrogen and oxygen atoms in total. The second-order valence-corrected chi connectivity index (χ2v) is 4.56. The molecule has 0 heterocycles. The van der Waals surface area contributed by atoms with Crippen LogP contribution in [0.2, 0.25) is 0 Å². The molecule has 0 amide bonds. The maximum atomic E-state index is 12.6. The van der Waals surface area contributed by atoms with E-state index in [0.717, 1.165) is 0 Å². The fourth-order valence-corrected chi connectivity index (χ4v) is 2.20. The standard InChI is InChI=1S/C17H17NO3/c1-3-7-12-10-13(21-2)17(20)15(18)14(12)16(19)11-8-5-4-6-9-11/h3-6,8-10,20H,1,7,18H2,2H3. The molecule has 0 spiro atoms. The molecule has 2 aromatic carbocycles. The van der Waals surface area contributed by atoms with Gasteiger partial charge in [-0.3, -0.25) is 4.79 Å². The van der Waals surface area contributed by atoms with Crippen molar-refractivity contribution in [1.82, 2.24) is 0 Å². The van der Waals surface area contributed by atoms with Crippen LogP contribution in [0.25, 0.3) is 0 Å². The van der Waals surface area contributed by atoms with E-state index in [9.17, 15) is 9.90 Å². The number of carbonyl (C=O) groups is 1. The van der Waals surface area contributed by atoms with Crippen LogP contribution in [0.1, 0.15) is 21.5 Å². The zero-order valence-electron chi connectivity index (χ0n) is 11.8. The second kappa shape index (κ2) is 6.13. The van der Waals surface area contributed by atoms with Crippen LogP contribution in [0.3, 0.4) is 0 Å². The SMILES string of the molecule is C=CCc1cc(OC)c(O)c(N)c1C(=O)c1ccccc1. The minimum absolute atomic E-state index is 0.0278. The Bertz CT molecular complexity index is 678. The molecule has 0 aliphatic heterocycles. The molecule has 21 heavy (non-hydrogen) atoms. The molecule has 4 heteroatoms. The molecular weight excluding hydrogens is 266 g/mol. The predicted octanol–water partition coefficient (Wildman–Crippen LogP) is 2.94. The molecule has 0 saturated carbocycles. The average molecular weight is 283 g/mol. The molecular formula is C17H17NO3. The molecule has 0 bridgehead atoms. The van der Waals surface area contributed by atoms with Gasteiger partial charge in [0.1, 0.15) is 0 Å². The fourth-order valence-electron chi connectivity index (χ4n) is 2.20. The Morgan fingerprint density at radius 3 is 2.62 bits per heavy atom. The number of nitrogens with two attached hydrogens (primary N) is 1. The second-order valence-electron chi connectivity index (χ2n) is 4.56. The van der Waals surface area contributed by atoms with Gasteiger partial charge in [-0.15, -0.1) is 6.58 Å². The van der Waals surface area contributed by atoms with Crippen molar-refractivity contribution < 1.29 is 14.6 Å². The van der Waals surface area contributed by atoms with E-state index in [2.05, 4.69) is 6.58 Å². The van der Waals surface area contributed by atoms with Crippen molar-refractivity contribution in [3.63, 3.8) is 0 Å². The largest absolute Gasteiger partial charge is 0.503 e. The average Bonchev–Trinajstić information content (AvgIpc) is 2.51. The highest BCUT2D eigenvalue weighted by Gasteiger charge is 2.21. The van der Waals surface area contributed by atoms with Gasteiger partial charge in [-0.1, -0.05) is 36.4 Å². The molecule has 0 atom stereocenters. The van der Waals surface area contributed by atoms with E-state index in [1.54, 1.807) is 36.4 Å². The van der Waals surface area contributed by atoms with E-state index in [1.807, 2.05) is 6.07 Å². The van der Waals surface area contributed by atoms with Gasteiger partial charge in [0.2, 0.25) is 0 Å². The van der Waals surface area contributed by atoms with Crippen molar-refractivity contribution in [3.05, 3.63) is 65.7 Å².